The van der Waals surface area contributed by atoms with Gasteiger partial charge in [0.05, 0.1) is 0 Å². The van der Waals surface area contributed by atoms with Gasteiger partial charge in [0.1, 0.15) is 5.82 Å². The molecule has 0 radical (unpaired) electrons. The molecule has 2 aromatic carbocycles. The average Bonchev–Trinajstić information content (AvgIpc) is 2.46. The first-order chi connectivity index (χ1) is 9.65. The minimum absolute atomic E-state index is 0.146. The molecule has 20 heavy (non-hydrogen) atoms. The van der Waals surface area contributed by atoms with Crippen LogP contribution in [-0.2, 0) is 6.42 Å². The Morgan fingerprint density at radius 1 is 1.05 bits per heavy atom. The molecule has 104 valence electrons. The molecule has 3 rings (SSSR count). The monoisotopic (exact) mass is 269 g/mol. The first kappa shape index (κ1) is 13.3. The third-order valence-corrected chi connectivity index (χ3v) is 4.38. The Morgan fingerprint density at radius 2 is 1.85 bits per heavy atom. The van der Waals surface area contributed by atoms with Crippen molar-refractivity contribution in [2.75, 3.05) is 14.1 Å². The van der Waals surface area contributed by atoms with E-state index in [1.54, 1.807) is 6.07 Å². The lowest BCUT2D eigenvalue weighted by Gasteiger charge is -2.35. The minimum atomic E-state index is -0.146. The highest BCUT2D eigenvalue weighted by Gasteiger charge is 2.28. The molecule has 0 unspecified atom stereocenters. The van der Waals surface area contributed by atoms with Gasteiger partial charge in [0.25, 0.3) is 0 Å². The Labute approximate surface area is 120 Å². The molecule has 1 aliphatic rings. The van der Waals surface area contributed by atoms with E-state index in [0.29, 0.717) is 12.0 Å². The van der Waals surface area contributed by atoms with Gasteiger partial charge >= 0.3 is 0 Å². The van der Waals surface area contributed by atoms with Crippen LogP contribution in [0.25, 0.3) is 0 Å². The number of fused-ring (bicyclic) bond motifs is 1. The smallest absolute Gasteiger partial charge is 0.123 e. The Hall–Kier alpha value is -1.67. The summed E-state index contributed by atoms with van der Waals surface area (Å²) in [6.45, 7) is 0. The zero-order valence-electron chi connectivity index (χ0n) is 12.0. The van der Waals surface area contributed by atoms with Gasteiger partial charge in [0.2, 0.25) is 0 Å². The molecule has 0 saturated carbocycles. The highest BCUT2D eigenvalue weighted by Crippen LogP contribution is 2.37. The first-order valence-electron chi connectivity index (χ1n) is 7.15. The van der Waals surface area contributed by atoms with Gasteiger partial charge in [0, 0.05) is 12.0 Å². The Kier molecular flexibility index (Phi) is 3.58. The second kappa shape index (κ2) is 5.37. The van der Waals surface area contributed by atoms with E-state index in [0.717, 1.165) is 18.4 Å². The van der Waals surface area contributed by atoms with Crippen molar-refractivity contribution in [2.45, 2.75) is 24.8 Å². The fourth-order valence-electron chi connectivity index (χ4n) is 3.23. The number of hydrogen-bond acceptors (Lipinski definition) is 1. The summed E-state index contributed by atoms with van der Waals surface area (Å²) in [4.78, 5) is 2.28. The fraction of sp³-hybridized carbons (Fsp3) is 0.333. The second-order valence-electron chi connectivity index (χ2n) is 5.86. The highest BCUT2D eigenvalue weighted by molar-refractivity contribution is 5.41. The van der Waals surface area contributed by atoms with Crippen LogP contribution in [0.1, 0.15) is 29.0 Å². The molecule has 0 heterocycles. The van der Waals surface area contributed by atoms with Crippen molar-refractivity contribution in [1.82, 2.24) is 4.90 Å². The quantitative estimate of drug-likeness (QED) is 0.801. The van der Waals surface area contributed by atoms with Crippen molar-refractivity contribution in [3.63, 3.8) is 0 Å². The van der Waals surface area contributed by atoms with Gasteiger partial charge in [-0.3, -0.25) is 0 Å². The van der Waals surface area contributed by atoms with E-state index in [1.165, 1.54) is 17.2 Å². The van der Waals surface area contributed by atoms with Crippen molar-refractivity contribution in [3.8, 4) is 0 Å². The number of nitrogens with zero attached hydrogens (tertiary/aromatic N) is 1. The van der Waals surface area contributed by atoms with Crippen molar-refractivity contribution in [1.29, 1.82) is 0 Å². The van der Waals surface area contributed by atoms with Crippen LogP contribution in [-0.4, -0.2) is 25.0 Å². The number of halogens is 1. The van der Waals surface area contributed by atoms with E-state index in [1.807, 2.05) is 12.1 Å². The molecule has 1 aliphatic carbocycles. The SMILES string of the molecule is CN(C)[C@@H]1Cc2ccccc2[C@H](c2cccc(F)c2)C1. The van der Waals surface area contributed by atoms with Crippen molar-refractivity contribution in [2.24, 2.45) is 0 Å². The third-order valence-electron chi connectivity index (χ3n) is 4.38. The molecule has 2 heteroatoms. The predicted molar refractivity (Wildman–Crippen MR) is 80.5 cm³/mol. The van der Waals surface area contributed by atoms with Crippen LogP contribution >= 0.6 is 0 Å². The van der Waals surface area contributed by atoms with Crippen LogP contribution in [0.5, 0.6) is 0 Å². The summed E-state index contributed by atoms with van der Waals surface area (Å²) in [5.41, 5.74) is 3.84. The minimum Gasteiger partial charge on any atom is -0.306 e. The average molecular weight is 269 g/mol. The molecule has 0 N–H and O–H groups in total. The van der Waals surface area contributed by atoms with Gasteiger partial charge in [-0.2, -0.15) is 0 Å². The summed E-state index contributed by atoms with van der Waals surface area (Å²) >= 11 is 0. The van der Waals surface area contributed by atoms with E-state index in [9.17, 15) is 4.39 Å². The third kappa shape index (κ3) is 2.48. The highest BCUT2D eigenvalue weighted by atomic mass is 19.1. The zero-order valence-corrected chi connectivity index (χ0v) is 12.0. The van der Waals surface area contributed by atoms with Gasteiger partial charge in [-0.25, -0.2) is 4.39 Å². The molecule has 0 fully saturated rings. The molecule has 0 amide bonds. The van der Waals surface area contributed by atoms with Crippen molar-refractivity contribution < 1.29 is 4.39 Å². The fourth-order valence-corrected chi connectivity index (χ4v) is 3.23. The molecule has 2 aromatic rings. The van der Waals surface area contributed by atoms with E-state index in [4.69, 9.17) is 0 Å². The molecule has 0 bridgehead atoms. The van der Waals surface area contributed by atoms with Gasteiger partial charge in [-0.05, 0) is 55.8 Å². The Balaban J connectivity index is 2.05. The van der Waals surface area contributed by atoms with Gasteiger partial charge < -0.3 is 4.90 Å². The summed E-state index contributed by atoms with van der Waals surface area (Å²) < 4.78 is 13.5. The number of likely N-dealkylation sites (N-methyl/N-ethyl adjacent to an activating group) is 1. The Morgan fingerprint density at radius 3 is 2.60 bits per heavy atom. The van der Waals surface area contributed by atoms with Crippen LogP contribution in [0.2, 0.25) is 0 Å². The van der Waals surface area contributed by atoms with Gasteiger partial charge in [0.15, 0.2) is 0 Å². The maximum atomic E-state index is 13.5. The summed E-state index contributed by atoms with van der Waals surface area (Å²) in [5.74, 6) is 0.148. The standard InChI is InChI=1S/C18H20FN/c1-20(2)16-11-14-6-3-4-9-17(14)18(12-16)13-7-5-8-15(19)10-13/h3-10,16,18H,11-12H2,1-2H3/t16-,18+/m1/s1. The lowest BCUT2D eigenvalue weighted by molar-refractivity contribution is 0.258. The number of hydrogen-bond donors (Lipinski definition) is 0. The summed E-state index contributed by atoms with van der Waals surface area (Å²) in [5, 5.41) is 0. The predicted octanol–water partition coefficient (Wildman–Crippen LogP) is 3.83. The topological polar surface area (TPSA) is 3.24 Å². The summed E-state index contributed by atoms with van der Waals surface area (Å²) in [7, 11) is 4.25. The molecule has 2 atom stereocenters. The maximum absolute atomic E-state index is 13.5. The summed E-state index contributed by atoms with van der Waals surface area (Å²) in [6, 6.07) is 16.1. The van der Waals surface area contributed by atoms with E-state index >= 15 is 0 Å². The van der Waals surface area contributed by atoms with Gasteiger partial charge in [-0.1, -0.05) is 36.4 Å². The van der Waals surface area contributed by atoms with Crippen LogP contribution in [0.15, 0.2) is 48.5 Å². The van der Waals surface area contributed by atoms with Crippen LogP contribution < -0.4 is 0 Å². The van der Waals surface area contributed by atoms with Crippen molar-refractivity contribution >= 4 is 0 Å². The molecule has 0 aromatic heterocycles. The molecular formula is C18H20FN. The first-order valence-corrected chi connectivity index (χ1v) is 7.15. The molecule has 0 spiro atoms. The van der Waals surface area contributed by atoms with E-state index < -0.39 is 0 Å². The molecule has 0 aliphatic heterocycles. The van der Waals surface area contributed by atoms with Crippen LogP contribution in [0.3, 0.4) is 0 Å². The normalized spacial score (nSPS) is 21.8. The zero-order chi connectivity index (χ0) is 14.1. The van der Waals surface area contributed by atoms with Gasteiger partial charge in [-0.15, -0.1) is 0 Å². The van der Waals surface area contributed by atoms with E-state index in [-0.39, 0.29) is 5.82 Å². The Bertz CT molecular complexity index is 606. The number of rotatable bonds is 2. The maximum Gasteiger partial charge on any atom is 0.123 e. The largest absolute Gasteiger partial charge is 0.306 e. The molecule has 1 nitrogen and oxygen atoms in total. The van der Waals surface area contributed by atoms with Crippen LogP contribution in [0, 0.1) is 5.82 Å². The second-order valence-corrected chi connectivity index (χ2v) is 5.86. The summed E-state index contributed by atoms with van der Waals surface area (Å²) in [6.07, 6.45) is 2.13. The lowest BCUT2D eigenvalue weighted by atomic mass is 9.76. The van der Waals surface area contributed by atoms with Crippen molar-refractivity contribution in [3.05, 3.63) is 71.0 Å². The lowest BCUT2D eigenvalue weighted by Crippen LogP contribution is -2.35. The van der Waals surface area contributed by atoms with Crippen LogP contribution in [0.4, 0.5) is 4.39 Å². The molecule has 0 saturated heterocycles. The molecular weight excluding hydrogens is 249 g/mol. The number of benzene rings is 2. The van der Waals surface area contributed by atoms with E-state index in [2.05, 4.69) is 43.3 Å².